The van der Waals surface area contributed by atoms with Gasteiger partial charge in [0.15, 0.2) is 0 Å². The van der Waals surface area contributed by atoms with Gasteiger partial charge in [0.05, 0.1) is 11.3 Å². The van der Waals surface area contributed by atoms with Crippen LogP contribution in [0.1, 0.15) is 27.3 Å². The molecule has 0 saturated heterocycles. The van der Waals surface area contributed by atoms with Crippen LogP contribution in [0.3, 0.4) is 0 Å². The molecule has 5 heteroatoms. The number of rotatable bonds is 2. The van der Waals surface area contributed by atoms with Crippen LogP contribution in [-0.4, -0.2) is 21.1 Å². The molecule has 2 aromatic heterocycles. The Morgan fingerprint density at radius 2 is 2.06 bits per heavy atom. The number of carbonyl (C=O) groups excluding carboxylic acids is 1. The number of hydrogen-bond donors (Lipinski definition) is 2. The third-order valence-corrected chi connectivity index (χ3v) is 2.51. The Balaban J connectivity index is 2.20. The molecule has 0 aliphatic heterocycles. The number of amides is 1. The summed E-state index contributed by atoms with van der Waals surface area (Å²) in [6.45, 7) is 5.56. The van der Waals surface area contributed by atoms with E-state index in [1.807, 2.05) is 19.9 Å². The largest absolute Gasteiger partial charge is 0.306 e. The SMILES string of the molecule is Cc1ccc(NC(=O)c2c(C)n[nH]c2C)nc1. The smallest absolute Gasteiger partial charge is 0.260 e. The van der Waals surface area contributed by atoms with Crippen LogP contribution in [0.5, 0.6) is 0 Å². The number of nitrogens with one attached hydrogen (secondary N) is 2. The molecule has 1 amide bonds. The van der Waals surface area contributed by atoms with Gasteiger partial charge in [-0.15, -0.1) is 0 Å². The van der Waals surface area contributed by atoms with Crippen molar-refractivity contribution in [2.24, 2.45) is 0 Å². The van der Waals surface area contributed by atoms with Crippen molar-refractivity contribution < 1.29 is 4.79 Å². The predicted octanol–water partition coefficient (Wildman–Crippen LogP) is 1.98. The molecule has 0 saturated carbocycles. The van der Waals surface area contributed by atoms with Crippen molar-refractivity contribution in [1.29, 1.82) is 0 Å². The lowest BCUT2D eigenvalue weighted by Crippen LogP contribution is -2.14. The van der Waals surface area contributed by atoms with Crippen molar-refractivity contribution in [3.8, 4) is 0 Å². The van der Waals surface area contributed by atoms with E-state index in [1.165, 1.54) is 0 Å². The van der Waals surface area contributed by atoms with E-state index >= 15 is 0 Å². The molecule has 0 atom stereocenters. The summed E-state index contributed by atoms with van der Waals surface area (Å²) in [7, 11) is 0. The Labute approximate surface area is 99.3 Å². The third-order valence-electron chi connectivity index (χ3n) is 2.51. The highest BCUT2D eigenvalue weighted by atomic mass is 16.1. The van der Waals surface area contributed by atoms with E-state index in [-0.39, 0.29) is 5.91 Å². The lowest BCUT2D eigenvalue weighted by Gasteiger charge is -2.04. The zero-order valence-corrected chi connectivity index (χ0v) is 10.0. The van der Waals surface area contributed by atoms with E-state index in [1.54, 1.807) is 19.2 Å². The summed E-state index contributed by atoms with van der Waals surface area (Å²) < 4.78 is 0. The van der Waals surface area contributed by atoms with Gasteiger partial charge in [-0.05, 0) is 32.4 Å². The monoisotopic (exact) mass is 230 g/mol. The molecule has 0 spiro atoms. The van der Waals surface area contributed by atoms with Gasteiger partial charge in [-0.2, -0.15) is 5.10 Å². The van der Waals surface area contributed by atoms with Crippen LogP contribution in [-0.2, 0) is 0 Å². The molecule has 0 bridgehead atoms. The van der Waals surface area contributed by atoms with Crippen LogP contribution in [0.25, 0.3) is 0 Å². The Bertz CT molecular complexity index is 523. The number of aromatic amines is 1. The van der Waals surface area contributed by atoms with Crippen LogP contribution in [0.4, 0.5) is 5.82 Å². The van der Waals surface area contributed by atoms with Crippen LogP contribution in [0.2, 0.25) is 0 Å². The van der Waals surface area contributed by atoms with Gasteiger partial charge in [0.1, 0.15) is 5.82 Å². The number of pyridine rings is 1. The minimum atomic E-state index is -0.190. The van der Waals surface area contributed by atoms with E-state index in [4.69, 9.17) is 0 Å². The maximum atomic E-state index is 12.0. The Morgan fingerprint density at radius 3 is 2.59 bits per heavy atom. The van der Waals surface area contributed by atoms with E-state index in [2.05, 4.69) is 20.5 Å². The molecule has 2 rings (SSSR count). The summed E-state index contributed by atoms with van der Waals surface area (Å²) in [6, 6.07) is 3.68. The summed E-state index contributed by atoms with van der Waals surface area (Å²) in [5.41, 5.74) is 3.07. The number of anilines is 1. The molecular weight excluding hydrogens is 216 g/mol. The summed E-state index contributed by atoms with van der Waals surface area (Å²) in [4.78, 5) is 16.1. The van der Waals surface area contributed by atoms with E-state index in [0.717, 1.165) is 11.3 Å². The molecule has 5 nitrogen and oxygen atoms in total. The van der Waals surface area contributed by atoms with Crippen LogP contribution in [0.15, 0.2) is 18.3 Å². The summed E-state index contributed by atoms with van der Waals surface area (Å²) in [6.07, 6.45) is 1.71. The van der Waals surface area contributed by atoms with E-state index in [9.17, 15) is 4.79 Å². The first-order chi connectivity index (χ1) is 8.08. The average molecular weight is 230 g/mol. The molecule has 0 radical (unpaired) electrons. The van der Waals surface area contributed by atoms with Gasteiger partial charge >= 0.3 is 0 Å². The normalized spacial score (nSPS) is 10.3. The topological polar surface area (TPSA) is 70.7 Å². The Kier molecular flexibility index (Phi) is 2.91. The highest BCUT2D eigenvalue weighted by Crippen LogP contribution is 2.12. The fourth-order valence-electron chi connectivity index (χ4n) is 1.61. The minimum absolute atomic E-state index is 0.190. The lowest BCUT2D eigenvalue weighted by atomic mass is 10.2. The second-order valence-corrected chi connectivity index (χ2v) is 3.98. The quantitative estimate of drug-likeness (QED) is 0.828. The molecule has 17 heavy (non-hydrogen) atoms. The number of nitrogens with zero attached hydrogens (tertiary/aromatic N) is 2. The van der Waals surface area contributed by atoms with Crippen molar-refractivity contribution >= 4 is 11.7 Å². The van der Waals surface area contributed by atoms with Crippen LogP contribution >= 0.6 is 0 Å². The van der Waals surface area contributed by atoms with E-state index < -0.39 is 0 Å². The first-order valence-corrected chi connectivity index (χ1v) is 5.33. The minimum Gasteiger partial charge on any atom is -0.306 e. The molecule has 2 heterocycles. The molecule has 0 aliphatic carbocycles. The Morgan fingerprint density at radius 1 is 1.29 bits per heavy atom. The first kappa shape index (κ1) is 11.3. The molecule has 0 fully saturated rings. The number of aromatic nitrogens is 3. The maximum Gasteiger partial charge on any atom is 0.260 e. The van der Waals surface area contributed by atoms with Crippen LogP contribution in [0, 0.1) is 20.8 Å². The van der Waals surface area contributed by atoms with Crippen molar-refractivity contribution in [3.05, 3.63) is 40.8 Å². The molecule has 88 valence electrons. The van der Waals surface area contributed by atoms with Gasteiger partial charge in [0, 0.05) is 11.9 Å². The van der Waals surface area contributed by atoms with Gasteiger partial charge in [-0.1, -0.05) is 6.07 Å². The number of hydrogen-bond acceptors (Lipinski definition) is 3. The van der Waals surface area contributed by atoms with E-state index in [0.29, 0.717) is 17.1 Å². The molecule has 0 aromatic carbocycles. The van der Waals surface area contributed by atoms with Gasteiger partial charge in [0.25, 0.3) is 5.91 Å². The third kappa shape index (κ3) is 2.33. The number of carbonyl (C=O) groups is 1. The van der Waals surface area contributed by atoms with Gasteiger partial charge < -0.3 is 5.32 Å². The highest BCUT2D eigenvalue weighted by molar-refractivity contribution is 6.05. The summed E-state index contributed by atoms with van der Waals surface area (Å²) >= 11 is 0. The Hall–Kier alpha value is -2.17. The number of aryl methyl sites for hydroxylation is 3. The molecule has 0 unspecified atom stereocenters. The molecule has 2 aromatic rings. The maximum absolute atomic E-state index is 12.0. The summed E-state index contributed by atoms with van der Waals surface area (Å²) in [5.74, 6) is 0.353. The fourth-order valence-corrected chi connectivity index (χ4v) is 1.61. The first-order valence-electron chi connectivity index (χ1n) is 5.33. The zero-order valence-electron chi connectivity index (χ0n) is 10.0. The van der Waals surface area contributed by atoms with Crippen molar-refractivity contribution in [1.82, 2.24) is 15.2 Å². The highest BCUT2D eigenvalue weighted by Gasteiger charge is 2.15. The second-order valence-electron chi connectivity index (χ2n) is 3.98. The molecule has 0 aliphatic rings. The number of H-pyrrole nitrogens is 1. The average Bonchev–Trinajstić information content (AvgIpc) is 2.62. The summed E-state index contributed by atoms with van der Waals surface area (Å²) in [5, 5.41) is 9.51. The molecular formula is C12H14N4O. The second kappa shape index (κ2) is 4.37. The van der Waals surface area contributed by atoms with Crippen LogP contribution < -0.4 is 5.32 Å². The van der Waals surface area contributed by atoms with Crippen molar-refractivity contribution in [3.63, 3.8) is 0 Å². The fraction of sp³-hybridized carbons (Fsp3) is 0.250. The van der Waals surface area contributed by atoms with Gasteiger partial charge in [-0.25, -0.2) is 4.98 Å². The van der Waals surface area contributed by atoms with Gasteiger partial charge in [-0.3, -0.25) is 9.89 Å². The van der Waals surface area contributed by atoms with Crippen molar-refractivity contribution in [2.45, 2.75) is 20.8 Å². The zero-order chi connectivity index (χ0) is 12.4. The standard InChI is InChI=1S/C12H14N4O/c1-7-4-5-10(13-6-7)14-12(17)11-8(2)15-16-9(11)3/h4-6H,1-3H3,(H,15,16)(H,13,14,17). The predicted molar refractivity (Wildman–Crippen MR) is 65.0 cm³/mol. The molecule has 2 N–H and O–H groups in total. The van der Waals surface area contributed by atoms with Crippen molar-refractivity contribution in [2.75, 3.05) is 5.32 Å². The van der Waals surface area contributed by atoms with Gasteiger partial charge in [0.2, 0.25) is 0 Å². The lowest BCUT2D eigenvalue weighted by molar-refractivity contribution is 0.102.